The summed E-state index contributed by atoms with van der Waals surface area (Å²) in [5.74, 6) is 0. The lowest BCUT2D eigenvalue weighted by atomic mass is 9.67. The van der Waals surface area contributed by atoms with Crippen molar-refractivity contribution in [1.29, 1.82) is 0 Å². The molecule has 0 spiro atoms. The zero-order valence-corrected chi connectivity index (χ0v) is 37.8. The highest BCUT2D eigenvalue weighted by molar-refractivity contribution is 6.09. The first-order valence-electron chi connectivity index (χ1n) is 23.7. The number of hydrogen-bond acceptors (Lipinski definition) is 2. The number of anilines is 3. The molecule has 0 bridgehead atoms. The lowest BCUT2D eigenvalue weighted by molar-refractivity contribution is 0.670. The van der Waals surface area contributed by atoms with Gasteiger partial charge in [0.2, 0.25) is 0 Å². The summed E-state index contributed by atoms with van der Waals surface area (Å²) in [5.41, 5.74) is 21.3. The minimum absolute atomic E-state index is 0.512. The van der Waals surface area contributed by atoms with Crippen LogP contribution in [0.4, 0.5) is 17.1 Å². The summed E-state index contributed by atoms with van der Waals surface area (Å²) < 4.78 is 6.53. The summed E-state index contributed by atoms with van der Waals surface area (Å²) >= 11 is 0. The molecule has 0 saturated carbocycles. The molecule has 0 amide bonds. The van der Waals surface area contributed by atoms with Crippen molar-refractivity contribution in [2.45, 2.75) is 5.41 Å². The monoisotopic (exact) mass is 879 g/mol. The maximum Gasteiger partial charge on any atom is 0.143 e. The Kier molecular flexibility index (Phi) is 9.77. The van der Waals surface area contributed by atoms with Gasteiger partial charge < -0.3 is 9.32 Å². The Labute approximate surface area is 402 Å². The van der Waals surface area contributed by atoms with E-state index in [1.54, 1.807) is 0 Å². The third-order valence-corrected chi connectivity index (χ3v) is 14.2. The highest BCUT2D eigenvalue weighted by atomic mass is 16.3. The molecule has 12 aromatic rings. The van der Waals surface area contributed by atoms with Crippen LogP contribution in [0.1, 0.15) is 22.3 Å². The molecular formula is C67H45NO. The first-order chi connectivity index (χ1) is 34.2. The fraction of sp³-hybridized carbons (Fsp3) is 0.0149. The fourth-order valence-electron chi connectivity index (χ4n) is 11.1. The van der Waals surface area contributed by atoms with Gasteiger partial charge >= 0.3 is 0 Å². The molecule has 1 heterocycles. The van der Waals surface area contributed by atoms with Crippen molar-refractivity contribution in [2.75, 3.05) is 4.90 Å². The molecule has 0 N–H and O–H groups in total. The summed E-state index contributed by atoms with van der Waals surface area (Å²) in [6.45, 7) is 0. The van der Waals surface area contributed by atoms with E-state index >= 15 is 0 Å². The van der Waals surface area contributed by atoms with Gasteiger partial charge in [-0.05, 0) is 103 Å². The second-order valence-corrected chi connectivity index (χ2v) is 17.9. The van der Waals surface area contributed by atoms with Crippen LogP contribution in [0, 0.1) is 0 Å². The number of para-hydroxylation sites is 3. The molecule has 324 valence electrons. The van der Waals surface area contributed by atoms with Gasteiger partial charge in [-0.1, -0.05) is 237 Å². The smallest absolute Gasteiger partial charge is 0.143 e. The Morgan fingerprint density at radius 2 is 0.812 bits per heavy atom. The molecule has 1 aliphatic carbocycles. The van der Waals surface area contributed by atoms with Crippen LogP contribution in [-0.4, -0.2) is 0 Å². The van der Waals surface area contributed by atoms with Gasteiger partial charge in [-0.25, -0.2) is 0 Å². The van der Waals surface area contributed by atoms with Gasteiger partial charge in [-0.2, -0.15) is 0 Å². The van der Waals surface area contributed by atoms with Crippen molar-refractivity contribution in [3.63, 3.8) is 0 Å². The first-order valence-corrected chi connectivity index (χ1v) is 23.7. The molecule has 13 rings (SSSR count). The minimum Gasteiger partial charge on any atom is -0.455 e. The first kappa shape index (κ1) is 40.3. The quantitative estimate of drug-likeness (QED) is 0.144. The van der Waals surface area contributed by atoms with Crippen LogP contribution >= 0.6 is 0 Å². The summed E-state index contributed by atoms with van der Waals surface area (Å²) in [6.07, 6.45) is 0. The van der Waals surface area contributed by atoms with E-state index in [9.17, 15) is 0 Å². The Bertz CT molecular complexity index is 3780. The molecule has 0 saturated heterocycles. The number of rotatable bonds is 9. The molecule has 0 unspecified atom stereocenters. The van der Waals surface area contributed by atoms with Crippen LogP contribution in [0.15, 0.2) is 277 Å². The van der Waals surface area contributed by atoms with Crippen molar-refractivity contribution in [3.05, 3.63) is 295 Å². The molecule has 0 fully saturated rings. The van der Waals surface area contributed by atoms with Gasteiger partial charge in [-0.3, -0.25) is 0 Å². The predicted octanol–water partition coefficient (Wildman–Crippen LogP) is 18.1. The molecule has 2 heteroatoms. The molecule has 1 aromatic heterocycles. The highest BCUT2D eigenvalue weighted by Crippen LogP contribution is 2.59. The van der Waals surface area contributed by atoms with Gasteiger partial charge in [0.15, 0.2) is 0 Å². The third-order valence-electron chi connectivity index (χ3n) is 14.2. The van der Waals surface area contributed by atoms with Crippen molar-refractivity contribution in [2.24, 2.45) is 0 Å². The van der Waals surface area contributed by atoms with E-state index in [0.717, 1.165) is 66.8 Å². The average Bonchev–Trinajstić information content (AvgIpc) is 3.97. The van der Waals surface area contributed by atoms with Gasteiger partial charge in [0, 0.05) is 33.3 Å². The summed E-state index contributed by atoms with van der Waals surface area (Å²) in [7, 11) is 0. The Morgan fingerprint density at radius 1 is 0.304 bits per heavy atom. The Morgan fingerprint density at radius 3 is 1.57 bits per heavy atom. The molecule has 11 aromatic carbocycles. The van der Waals surface area contributed by atoms with Crippen molar-refractivity contribution in [1.82, 2.24) is 0 Å². The summed E-state index contributed by atoms with van der Waals surface area (Å²) in [5, 5.41) is 2.25. The maximum atomic E-state index is 6.53. The number of furan rings is 1. The van der Waals surface area contributed by atoms with Crippen molar-refractivity contribution >= 4 is 39.0 Å². The Hall–Kier alpha value is -8.98. The molecule has 0 aliphatic heterocycles. The van der Waals surface area contributed by atoms with Crippen molar-refractivity contribution < 1.29 is 4.42 Å². The highest BCUT2D eigenvalue weighted by Gasteiger charge is 2.47. The maximum absolute atomic E-state index is 6.53. The number of nitrogens with zero attached hydrogens (tertiary/aromatic N) is 1. The van der Waals surface area contributed by atoms with Crippen LogP contribution in [0.2, 0.25) is 0 Å². The van der Waals surface area contributed by atoms with Gasteiger partial charge in [-0.15, -0.1) is 0 Å². The molecule has 0 atom stereocenters. The van der Waals surface area contributed by atoms with Gasteiger partial charge in [0.1, 0.15) is 11.2 Å². The van der Waals surface area contributed by atoms with Crippen LogP contribution in [0.3, 0.4) is 0 Å². The zero-order valence-electron chi connectivity index (χ0n) is 37.8. The van der Waals surface area contributed by atoms with Crippen LogP contribution in [0.5, 0.6) is 0 Å². The van der Waals surface area contributed by atoms with Gasteiger partial charge in [0.25, 0.3) is 0 Å². The Balaban J connectivity index is 1.000. The molecule has 2 nitrogen and oxygen atoms in total. The van der Waals surface area contributed by atoms with E-state index in [0.29, 0.717) is 0 Å². The minimum atomic E-state index is -0.512. The second-order valence-electron chi connectivity index (χ2n) is 17.9. The van der Waals surface area contributed by atoms with Crippen LogP contribution < -0.4 is 4.90 Å². The van der Waals surface area contributed by atoms with Crippen LogP contribution in [0.25, 0.3) is 77.6 Å². The van der Waals surface area contributed by atoms with Crippen LogP contribution in [-0.2, 0) is 5.41 Å². The predicted molar refractivity (Wildman–Crippen MR) is 287 cm³/mol. The topological polar surface area (TPSA) is 16.4 Å². The standard InChI is InChI=1S/C67H45NO/c1-4-19-46(20-5-1)47-37-39-48(40-38-47)50-21-16-26-54(45-50)68(53-43-41-49(42-44-53)55-30-17-32-59-57-28-12-15-36-64(57)69-66(55)59)63-35-14-11-27-56(63)58-31-18-34-62-65(58)60-29-10-13-33-61(60)67(62,51-22-6-2-7-23-51)52-24-8-3-9-25-52/h1-45H. The number of fused-ring (bicyclic) bond motifs is 6. The number of hydrogen-bond donors (Lipinski definition) is 0. The molecule has 69 heavy (non-hydrogen) atoms. The van der Waals surface area contributed by atoms with E-state index in [-0.39, 0.29) is 0 Å². The number of benzene rings is 11. The lowest BCUT2D eigenvalue weighted by Gasteiger charge is -2.34. The summed E-state index contributed by atoms with van der Waals surface area (Å²) in [6, 6.07) is 99.2. The van der Waals surface area contributed by atoms with E-state index < -0.39 is 5.41 Å². The molecule has 0 radical (unpaired) electrons. The second kappa shape index (κ2) is 16.7. The third kappa shape index (κ3) is 6.64. The normalized spacial score (nSPS) is 12.5. The molecular weight excluding hydrogens is 835 g/mol. The average molecular weight is 880 g/mol. The zero-order chi connectivity index (χ0) is 45.7. The van der Waals surface area contributed by atoms with E-state index in [1.807, 2.05) is 12.1 Å². The summed E-state index contributed by atoms with van der Waals surface area (Å²) in [4.78, 5) is 2.44. The van der Waals surface area contributed by atoms with E-state index in [2.05, 4.69) is 266 Å². The largest absolute Gasteiger partial charge is 0.455 e. The molecule has 1 aliphatic rings. The lowest BCUT2D eigenvalue weighted by Crippen LogP contribution is -2.28. The van der Waals surface area contributed by atoms with E-state index in [1.165, 1.54) is 50.1 Å². The van der Waals surface area contributed by atoms with Crippen molar-refractivity contribution in [3.8, 4) is 55.6 Å². The van der Waals surface area contributed by atoms with Gasteiger partial charge in [0.05, 0.1) is 11.1 Å². The fourth-order valence-corrected chi connectivity index (χ4v) is 11.1. The SMILES string of the molecule is c1ccc(-c2ccc(-c3cccc(N(c4ccc(-c5cccc6c5oc5ccccc56)cc4)c4ccccc4-c4cccc5c4-c4ccccc4C5(c4ccccc4)c4ccccc4)c3)cc2)cc1. The van der Waals surface area contributed by atoms with E-state index in [4.69, 9.17) is 4.42 Å².